The highest BCUT2D eigenvalue weighted by molar-refractivity contribution is 7.22. The van der Waals surface area contributed by atoms with Gasteiger partial charge in [0.05, 0.1) is 22.4 Å². The van der Waals surface area contributed by atoms with Crippen molar-refractivity contribution < 1.29 is 22.7 Å². The molecule has 0 aliphatic heterocycles. The molecule has 5 nitrogen and oxygen atoms in total. The molecule has 0 saturated carbocycles. The highest BCUT2D eigenvalue weighted by atomic mass is 32.1. The van der Waals surface area contributed by atoms with Gasteiger partial charge >= 0.3 is 6.18 Å². The molecule has 2 aromatic rings. The number of anilines is 1. The number of primary amides is 1. The van der Waals surface area contributed by atoms with Gasteiger partial charge < -0.3 is 15.8 Å². The quantitative estimate of drug-likeness (QED) is 0.801. The van der Waals surface area contributed by atoms with E-state index in [-0.39, 0.29) is 18.7 Å². The maximum absolute atomic E-state index is 12.6. The van der Waals surface area contributed by atoms with Crippen molar-refractivity contribution in [1.82, 2.24) is 4.98 Å². The molecule has 0 unspecified atom stereocenters. The third kappa shape index (κ3) is 4.30. The lowest BCUT2D eigenvalue weighted by Gasteiger charge is -2.04. The SMILES string of the molecule is NC(=O)COCCNc1nc2cc(C(F)(F)F)ccc2s1. The van der Waals surface area contributed by atoms with E-state index < -0.39 is 17.6 Å². The smallest absolute Gasteiger partial charge is 0.370 e. The summed E-state index contributed by atoms with van der Waals surface area (Å²) in [6.07, 6.45) is -4.38. The summed E-state index contributed by atoms with van der Waals surface area (Å²) in [7, 11) is 0. The van der Waals surface area contributed by atoms with E-state index in [2.05, 4.69) is 10.3 Å². The minimum absolute atomic E-state index is 0.170. The molecule has 1 amide bonds. The Morgan fingerprint density at radius 3 is 2.86 bits per heavy atom. The van der Waals surface area contributed by atoms with E-state index in [0.29, 0.717) is 16.4 Å². The number of hydrogen-bond donors (Lipinski definition) is 2. The summed E-state index contributed by atoms with van der Waals surface area (Å²) < 4.78 is 43.3. The molecular formula is C12H12F3N3O2S. The average Bonchev–Trinajstić information content (AvgIpc) is 2.78. The van der Waals surface area contributed by atoms with Gasteiger partial charge in [0, 0.05) is 6.54 Å². The number of nitrogens with zero attached hydrogens (tertiary/aromatic N) is 1. The van der Waals surface area contributed by atoms with Gasteiger partial charge in [0.2, 0.25) is 5.91 Å². The van der Waals surface area contributed by atoms with Gasteiger partial charge in [-0.25, -0.2) is 4.98 Å². The molecule has 0 bridgehead atoms. The average molecular weight is 319 g/mol. The second-order valence-electron chi connectivity index (χ2n) is 4.14. The molecule has 0 atom stereocenters. The first-order valence-electron chi connectivity index (χ1n) is 5.94. The molecule has 21 heavy (non-hydrogen) atoms. The third-order valence-electron chi connectivity index (χ3n) is 2.48. The van der Waals surface area contributed by atoms with Crippen molar-refractivity contribution in [2.24, 2.45) is 5.73 Å². The van der Waals surface area contributed by atoms with E-state index in [1.54, 1.807) is 0 Å². The van der Waals surface area contributed by atoms with Gasteiger partial charge in [0.1, 0.15) is 6.61 Å². The number of ether oxygens (including phenoxy) is 1. The van der Waals surface area contributed by atoms with E-state index in [1.165, 1.54) is 17.4 Å². The Labute approximate surface area is 121 Å². The fourth-order valence-corrected chi connectivity index (χ4v) is 2.45. The van der Waals surface area contributed by atoms with Crippen LogP contribution in [0.3, 0.4) is 0 Å². The van der Waals surface area contributed by atoms with Crippen LogP contribution in [0, 0.1) is 0 Å². The zero-order valence-corrected chi connectivity index (χ0v) is 11.6. The second-order valence-corrected chi connectivity index (χ2v) is 5.18. The van der Waals surface area contributed by atoms with Crippen LogP contribution in [0.1, 0.15) is 5.56 Å². The summed E-state index contributed by atoms with van der Waals surface area (Å²) in [6.45, 7) is 0.447. The number of nitrogens with two attached hydrogens (primary N) is 1. The van der Waals surface area contributed by atoms with Crippen LogP contribution < -0.4 is 11.1 Å². The highest BCUT2D eigenvalue weighted by Gasteiger charge is 2.30. The van der Waals surface area contributed by atoms with Gasteiger partial charge in [-0.1, -0.05) is 11.3 Å². The molecule has 0 spiro atoms. The summed E-state index contributed by atoms with van der Waals surface area (Å²) in [4.78, 5) is 14.5. The first-order chi connectivity index (χ1) is 9.86. The van der Waals surface area contributed by atoms with E-state index in [0.717, 1.165) is 12.1 Å². The number of fused-ring (bicyclic) bond motifs is 1. The molecule has 3 N–H and O–H groups in total. The van der Waals surface area contributed by atoms with Crippen LogP contribution in [0.2, 0.25) is 0 Å². The lowest BCUT2D eigenvalue weighted by atomic mass is 10.2. The van der Waals surface area contributed by atoms with Crippen molar-refractivity contribution in [2.75, 3.05) is 25.1 Å². The Bertz CT molecular complexity index is 642. The van der Waals surface area contributed by atoms with Crippen LogP contribution in [-0.4, -0.2) is 30.6 Å². The lowest BCUT2D eigenvalue weighted by molar-refractivity contribution is -0.137. The van der Waals surface area contributed by atoms with Crippen LogP contribution in [0.15, 0.2) is 18.2 Å². The molecule has 114 valence electrons. The number of hydrogen-bond acceptors (Lipinski definition) is 5. The molecule has 9 heteroatoms. The van der Waals surface area contributed by atoms with Crippen LogP contribution in [-0.2, 0) is 15.7 Å². The Morgan fingerprint density at radius 1 is 1.43 bits per heavy atom. The molecule has 1 aromatic heterocycles. The highest BCUT2D eigenvalue weighted by Crippen LogP contribution is 2.33. The fraction of sp³-hybridized carbons (Fsp3) is 0.333. The topological polar surface area (TPSA) is 77.2 Å². The molecule has 0 aliphatic rings. The van der Waals surface area contributed by atoms with Crippen LogP contribution >= 0.6 is 11.3 Å². The van der Waals surface area contributed by atoms with E-state index in [9.17, 15) is 18.0 Å². The summed E-state index contributed by atoms with van der Waals surface area (Å²) in [6, 6.07) is 3.44. The van der Waals surface area contributed by atoms with Crippen molar-refractivity contribution >= 4 is 32.6 Å². The Balaban J connectivity index is 1.97. The van der Waals surface area contributed by atoms with Gasteiger partial charge in [-0.2, -0.15) is 13.2 Å². The first-order valence-corrected chi connectivity index (χ1v) is 6.75. The van der Waals surface area contributed by atoms with Crippen LogP contribution in [0.5, 0.6) is 0 Å². The second kappa shape index (κ2) is 6.27. The Morgan fingerprint density at radius 2 is 2.19 bits per heavy atom. The van der Waals surface area contributed by atoms with E-state index in [4.69, 9.17) is 10.5 Å². The fourth-order valence-electron chi connectivity index (χ4n) is 1.58. The van der Waals surface area contributed by atoms with Crippen molar-refractivity contribution in [3.63, 3.8) is 0 Å². The minimum atomic E-state index is -4.38. The molecule has 0 fully saturated rings. The van der Waals surface area contributed by atoms with Gasteiger partial charge in [-0.15, -0.1) is 0 Å². The summed E-state index contributed by atoms with van der Waals surface area (Å²) in [5.41, 5.74) is 4.46. The zero-order valence-electron chi connectivity index (χ0n) is 10.7. The summed E-state index contributed by atoms with van der Waals surface area (Å²) in [5, 5.41) is 3.41. The molecule has 0 aliphatic carbocycles. The third-order valence-corrected chi connectivity index (χ3v) is 3.48. The van der Waals surface area contributed by atoms with Crippen LogP contribution in [0.4, 0.5) is 18.3 Å². The monoisotopic (exact) mass is 319 g/mol. The normalized spacial score (nSPS) is 11.8. The molecular weight excluding hydrogens is 307 g/mol. The maximum Gasteiger partial charge on any atom is 0.416 e. The number of alkyl halides is 3. The molecule has 0 saturated heterocycles. The van der Waals surface area contributed by atoms with Crippen molar-refractivity contribution in [3.05, 3.63) is 23.8 Å². The number of halogens is 3. The standard InChI is InChI=1S/C12H12F3N3O2S/c13-12(14,15)7-1-2-9-8(5-7)18-11(21-9)17-3-4-20-6-10(16)19/h1-2,5H,3-4,6H2,(H2,16,19)(H,17,18). The summed E-state index contributed by atoms with van der Waals surface area (Å²) in [5.74, 6) is -0.560. The number of rotatable bonds is 6. The number of amides is 1. The van der Waals surface area contributed by atoms with Crippen molar-refractivity contribution in [3.8, 4) is 0 Å². The Kier molecular flexibility index (Phi) is 4.63. The molecule has 1 heterocycles. The lowest BCUT2D eigenvalue weighted by Crippen LogP contribution is -2.20. The van der Waals surface area contributed by atoms with Gasteiger partial charge in [0.25, 0.3) is 0 Å². The van der Waals surface area contributed by atoms with Crippen molar-refractivity contribution in [2.45, 2.75) is 6.18 Å². The molecule has 1 aromatic carbocycles. The minimum Gasteiger partial charge on any atom is -0.370 e. The Hall–Kier alpha value is -1.87. The van der Waals surface area contributed by atoms with E-state index in [1.807, 2.05) is 0 Å². The predicted octanol–water partition coefficient (Wildman–Crippen LogP) is 2.23. The predicted molar refractivity (Wildman–Crippen MR) is 73.1 cm³/mol. The zero-order chi connectivity index (χ0) is 15.5. The number of nitrogens with one attached hydrogen (secondary N) is 1. The molecule has 2 rings (SSSR count). The largest absolute Gasteiger partial charge is 0.416 e. The van der Waals surface area contributed by atoms with Gasteiger partial charge in [0.15, 0.2) is 5.13 Å². The number of thiazole rings is 1. The van der Waals surface area contributed by atoms with Gasteiger partial charge in [-0.05, 0) is 18.2 Å². The van der Waals surface area contributed by atoms with Gasteiger partial charge in [-0.3, -0.25) is 4.79 Å². The van der Waals surface area contributed by atoms with E-state index >= 15 is 0 Å². The summed E-state index contributed by atoms with van der Waals surface area (Å²) >= 11 is 1.24. The maximum atomic E-state index is 12.6. The molecule has 0 radical (unpaired) electrons. The first kappa shape index (κ1) is 15.5. The number of benzene rings is 1. The number of carbonyl (C=O) groups is 1. The van der Waals surface area contributed by atoms with Crippen molar-refractivity contribution in [1.29, 1.82) is 0 Å². The number of aromatic nitrogens is 1. The van der Waals surface area contributed by atoms with Crippen LogP contribution in [0.25, 0.3) is 10.2 Å². The number of carbonyl (C=O) groups excluding carboxylic acids is 1.